The lowest BCUT2D eigenvalue weighted by molar-refractivity contribution is -0.112. The minimum Gasteiger partial charge on any atom is -0.487 e. The lowest BCUT2D eigenvalue weighted by atomic mass is 10.1. The molecule has 0 atom stereocenters. The average Bonchev–Trinajstić information content (AvgIpc) is 2.91. The molecule has 0 fully saturated rings. The minimum atomic E-state index is -0.543. The molecule has 0 saturated carbocycles. The van der Waals surface area contributed by atoms with Gasteiger partial charge >= 0.3 is 5.97 Å². The fourth-order valence-corrected chi connectivity index (χ4v) is 5.83. The first kappa shape index (κ1) is 27.6. The highest BCUT2D eigenvalue weighted by Crippen LogP contribution is 2.31. The van der Waals surface area contributed by atoms with Crippen LogP contribution >= 0.6 is 45.2 Å². The number of carbonyl (C=O) groups is 2. The maximum Gasteiger partial charge on any atom is 0.338 e. The molecular weight excluding hydrogens is 706 g/mol. The largest absolute Gasteiger partial charge is 0.487 e. The van der Waals surface area contributed by atoms with E-state index in [0.717, 1.165) is 23.8 Å². The summed E-state index contributed by atoms with van der Waals surface area (Å²) in [6, 6.07) is 26.5. The molecular formula is C30H22I2N2O4. The fraction of sp³-hybridized carbons (Fsp3) is 0.100. The summed E-state index contributed by atoms with van der Waals surface area (Å²) in [5.41, 5.74) is 2.58. The third-order valence-electron chi connectivity index (χ3n) is 5.55. The first-order valence-corrected chi connectivity index (χ1v) is 13.8. The van der Waals surface area contributed by atoms with Gasteiger partial charge in [0.1, 0.15) is 24.0 Å². The molecule has 0 aliphatic carbocycles. The highest BCUT2D eigenvalue weighted by molar-refractivity contribution is 14.1. The molecule has 0 aliphatic rings. The summed E-state index contributed by atoms with van der Waals surface area (Å²) in [7, 11) is 0. The Bertz CT molecular complexity index is 1550. The van der Waals surface area contributed by atoms with Gasteiger partial charge in [0.05, 0.1) is 19.3 Å². The number of hydrogen-bond acceptors (Lipinski definition) is 5. The zero-order valence-corrected chi connectivity index (χ0v) is 24.6. The number of carbonyl (C=O) groups excluding carboxylic acids is 2. The van der Waals surface area contributed by atoms with Gasteiger partial charge in [-0.15, -0.1) is 0 Å². The third-order valence-corrected chi connectivity index (χ3v) is 7.15. The molecule has 0 unspecified atom stereocenters. The number of benzene rings is 4. The predicted molar refractivity (Wildman–Crippen MR) is 165 cm³/mol. The van der Waals surface area contributed by atoms with Gasteiger partial charge in [-0.1, -0.05) is 36.4 Å². The molecule has 0 saturated heterocycles. The quantitative estimate of drug-likeness (QED) is 0.0888. The van der Waals surface area contributed by atoms with Crippen LogP contribution in [0, 0.1) is 18.5 Å². The zero-order valence-electron chi connectivity index (χ0n) is 20.3. The van der Waals surface area contributed by atoms with Crippen molar-refractivity contribution >= 4 is 79.6 Å². The standard InChI is InChI=1S/C30H22I2N2O4/c1-2-37-30(36)22-9-11-25(12-10-22)34-29(35)24(17-33)14-20-15-26(31)28(27(32)16-20)38-18-19-7-8-21-5-3-4-6-23(21)13-19/h3-16H,2,18H2,1H3,(H,34,35)/b24-14+. The van der Waals surface area contributed by atoms with Gasteiger partial charge in [0.15, 0.2) is 0 Å². The van der Waals surface area contributed by atoms with Crippen LogP contribution in [0.1, 0.15) is 28.4 Å². The Kier molecular flexibility index (Phi) is 9.36. The minimum absolute atomic E-state index is 0.0455. The van der Waals surface area contributed by atoms with E-state index in [4.69, 9.17) is 9.47 Å². The van der Waals surface area contributed by atoms with Gasteiger partial charge in [0, 0.05) is 5.69 Å². The number of nitriles is 1. The predicted octanol–water partition coefficient (Wildman–Crippen LogP) is 7.35. The maximum atomic E-state index is 12.7. The molecule has 4 rings (SSSR count). The van der Waals surface area contributed by atoms with E-state index >= 15 is 0 Å². The van der Waals surface area contributed by atoms with E-state index in [1.807, 2.05) is 30.3 Å². The topological polar surface area (TPSA) is 88.4 Å². The van der Waals surface area contributed by atoms with Crippen molar-refractivity contribution in [1.29, 1.82) is 5.26 Å². The normalized spacial score (nSPS) is 11.1. The van der Waals surface area contributed by atoms with Gasteiger partial charge in [-0.3, -0.25) is 4.79 Å². The average molecular weight is 728 g/mol. The molecule has 0 aliphatic heterocycles. The number of amides is 1. The van der Waals surface area contributed by atoms with E-state index in [1.165, 1.54) is 5.39 Å². The molecule has 38 heavy (non-hydrogen) atoms. The first-order valence-electron chi connectivity index (χ1n) is 11.7. The maximum absolute atomic E-state index is 12.7. The van der Waals surface area contributed by atoms with E-state index in [9.17, 15) is 14.9 Å². The van der Waals surface area contributed by atoms with E-state index in [2.05, 4.69) is 80.8 Å². The van der Waals surface area contributed by atoms with Gasteiger partial charge in [-0.05, 0) is 123 Å². The van der Waals surface area contributed by atoms with Crippen molar-refractivity contribution in [3.63, 3.8) is 0 Å². The Labute approximate surface area is 247 Å². The van der Waals surface area contributed by atoms with Crippen molar-refractivity contribution in [1.82, 2.24) is 0 Å². The van der Waals surface area contributed by atoms with Gasteiger partial charge in [0.2, 0.25) is 0 Å². The second kappa shape index (κ2) is 12.9. The third kappa shape index (κ3) is 6.90. The molecule has 0 spiro atoms. The molecule has 4 aromatic carbocycles. The van der Waals surface area contributed by atoms with Crippen molar-refractivity contribution in [3.05, 3.63) is 108 Å². The van der Waals surface area contributed by atoms with Gasteiger partial charge in [-0.2, -0.15) is 5.26 Å². The smallest absolute Gasteiger partial charge is 0.338 e. The Morgan fingerprint density at radius 2 is 1.63 bits per heavy atom. The number of fused-ring (bicyclic) bond motifs is 1. The molecule has 0 radical (unpaired) electrons. The van der Waals surface area contributed by atoms with Crippen LogP contribution < -0.4 is 10.1 Å². The first-order chi connectivity index (χ1) is 18.4. The number of esters is 1. The lowest BCUT2D eigenvalue weighted by Crippen LogP contribution is -2.13. The molecule has 1 N–H and O–H groups in total. The summed E-state index contributed by atoms with van der Waals surface area (Å²) < 4.78 is 12.8. The summed E-state index contributed by atoms with van der Waals surface area (Å²) in [4.78, 5) is 24.5. The van der Waals surface area contributed by atoms with Crippen molar-refractivity contribution in [2.45, 2.75) is 13.5 Å². The number of ether oxygens (including phenoxy) is 2. The molecule has 0 aromatic heterocycles. The second-order valence-corrected chi connectivity index (χ2v) is 10.5. The van der Waals surface area contributed by atoms with E-state index in [-0.39, 0.29) is 12.2 Å². The Hall–Kier alpha value is -3.43. The monoisotopic (exact) mass is 728 g/mol. The van der Waals surface area contributed by atoms with Crippen LogP contribution in [-0.4, -0.2) is 18.5 Å². The Morgan fingerprint density at radius 1 is 0.947 bits per heavy atom. The number of hydrogen-bond donors (Lipinski definition) is 1. The molecule has 190 valence electrons. The van der Waals surface area contributed by atoms with Crippen LogP contribution in [-0.2, 0) is 16.1 Å². The molecule has 4 aromatic rings. The molecule has 0 bridgehead atoms. The van der Waals surface area contributed by atoms with Gasteiger partial charge in [-0.25, -0.2) is 4.79 Å². The van der Waals surface area contributed by atoms with Crippen molar-refractivity contribution < 1.29 is 19.1 Å². The number of halogens is 2. The number of nitrogens with zero attached hydrogens (tertiary/aromatic N) is 1. The fourth-order valence-electron chi connectivity index (χ4n) is 3.70. The second-order valence-electron chi connectivity index (χ2n) is 8.21. The SMILES string of the molecule is CCOC(=O)c1ccc(NC(=O)/C(C#N)=C/c2cc(I)c(OCc3ccc4ccccc4c3)c(I)c2)cc1. The van der Waals surface area contributed by atoms with Crippen LogP contribution in [0.3, 0.4) is 0 Å². The number of rotatable bonds is 8. The van der Waals surface area contributed by atoms with Crippen molar-refractivity contribution in [3.8, 4) is 11.8 Å². The Balaban J connectivity index is 1.45. The lowest BCUT2D eigenvalue weighted by Gasteiger charge is -2.12. The van der Waals surface area contributed by atoms with Crippen molar-refractivity contribution in [2.75, 3.05) is 11.9 Å². The van der Waals surface area contributed by atoms with Crippen LogP contribution in [0.2, 0.25) is 0 Å². The molecule has 6 nitrogen and oxygen atoms in total. The van der Waals surface area contributed by atoms with E-state index in [0.29, 0.717) is 23.4 Å². The van der Waals surface area contributed by atoms with Crippen molar-refractivity contribution in [2.24, 2.45) is 0 Å². The van der Waals surface area contributed by atoms with Gasteiger partial charge in [0.25, 0.3) is 5.91 Å². The van der Waals surface area contributed by atoms with Crippen LogP contribution in [0.25, 0.3) is 16.8 Å². The molecule has 1 amide bonds. The summed E-state index contributed by atoms with van der Waals surface area (Å²) in [6.45, 7) is 2.44. The van der Waals surface area contributed by atoms with E-state index in [1.54, 1.807) is 37.3 Å². The van der Waals surface area contributed by atoms with E-state index < -0.39 is 11.9 Å². The summed E-state index contributed by atoms with van der Waals surface area (Å²) in [5, 5.41) is 14.7. The number of anilines is 1. The Morgan fingerprint density at radius 3 is 2.29 bits per heavy atom. The molecule has 8 heteroatoms. The van der Waals surface area contributed by atoms with Crippen LogP contribution in [0.4, 0.5) is 5.69 Å². The molecule has 0 heterocycles. The van der Waals surface area contributed by atoms with Crippen LogP contribution in [0.15, 0.2) is 84.4 Å². The summed E-state index contributed by atoms with van der Waals surface area (Å²) in [6.07, 6.45) is 1.54. The number of nitrogens with one attached hydrogen (secondary N) is 1. The highest BCUT2D eigenvalue weighted by atomic mass is 127. The van der Waals surface area contributed by atoms with Crippen LogP contribution in [0.5, 0.6) is 5.75 Å². The summed E-state index contributed by atoms with van der Waals surface area (Å²) >= 11 is 4.39. The summed E-state index contributed by atoms with van der Waals surface area (Å²) in [5.74, 6) is -0.226. The zero-order chi connectivity index (χ0) is 27.1. The highest BCUT2D eigenvalue weighted by Gasteiger charge is 2.14. The van der Waals surface area contributed by atoms with Gasteiger partial charge < -0.3 is 14.8 Å².